The Balaban J connectivity index is 2.80. The molecular weight excluding hydrogens is 206 g/mol. The van der Waals surface area contributed by atoms with Gasteiger partial charge in [-0.3, -0.25) is 4.79 Å². The molecule has 92 valence electrons. The summed E-state index contributed by atoms with van der Waals surface area (Å²) in [7, 11) is 0. The van der Waals surface area contributed by atoms with Crippen molar-refractivity contribution in [2.75, 3.05) is 6.54 Å². The number of carbonyl (C=O) groups excluding carboxylic acids is 1. The molecule has 0 saturated heterocycles. The number of hydrogen-bond acceptors (Lipinski definition) is 3. The van der Waals surface area contributed by atoms with Gasteiger partial charge in [-0.1, -0.05) is 19.0 Å². The number of amides is 1. The number of amidine groups is 1. The molecule has 0 aromatic heterocycles. The molecule has 5 nitrogen and oxygen atoms in total. The van der Waals surface area contributed by atoms with Crippen LogP contribution in [0.25, 0.3) is 0 Å². The maximum absolute atomic E-state index is 12.3. The summed E-state index contributed by atoms with van der Waals surface area (Å²) in [5.74, 6) is -0.476. The fourth-order valence-electron chi connectivity index (χ4n) is 1.97. The van der Waals surface area contributed by atoms with Gasteiger partial charge in [0.15, 0.2) is 5.84 Å². The van der Waals surface area contributed by atoms with Crippen LogP contribution in [0.5, 0.6) is 0 Å². The predicted molar refractivity (Wildman–Crippen MR) is 62.1 cm³/mol. The minimum Gasteiger partial charge on any atom is -0.409 e. The van der Waals surface area contributed by atoms with E-state index in [1.807, 2.05) is 25.7 Å². The number of carbonyl (C=O) groups is 1. The molecule has 1 aliphatic carbocycles. The van der Waals surface area contributed by atoms with E-state index in [0.717, 1.165) is 12.8 Å². The van der Waals surface area contributed by atoms with Gasteiger partial charge in [0.2, 0.25) is 5.91 Å². The first-order valence-electron chi connectivity index (χ1n) is 5.80. The van der Waals surface area contributed by atoms with E-state index in [1.54, 1.807) is 0 Å². The van der Waals surface area contributed by atoms with Gasteiger partial charge in [0, 0.05) is 12.6 Å². The lowest BCUT2D eigenvalue weighted by molar-refractivity contribution is -0.134. The van der Waals surface area contributed by atoms with E-state index < -0.39 is 5.92 Å². The van der Waals surface area contributed by atoms with Crippen molar-refractivity contribution in [2.24, 2.45) is 22.7 Å². The Kier molecular flexibility index (Phi) is 4.15. The SMILES string of the molecule is CCN(C(=O)C(C(N)=NO)C(C)C)C1CC1. The fraction of sp³-hybridized carbons (Fsp3) is 0.818. The molecule has 0 bridgehead atoms. The molecule has 3 N–H and O–H groups in total. The van der Waals surface area contributed by atoms with Gasteiger partial charge in [-0.15, -0.1) is 0 Å². The third kappa shape index (κ3) is 2.65. The first-order valence-corrected chi connectivity index (χ1v) is 5.80. The molecule has 0 heterocycles. The van der Waals surface area contributed by atoms with Crippen molar-refractivity contribution in [3.8, 4) is 0 Å². The zero-order valence-electron chi connectivity index (χ0n) is 10.2. The highest BCUT2D eigenvalue weighted by Gasteiger charge is 2.37. The highest BCUT2D eigenvalue weighted by Crippen LogP contribution is 2.29. The van der Waals surface area contributed by atoms with Gasteiger partial charge in [0.1, 0.15) is 5.92 Å². The van der Waals surface area contributed by atoms with Crippen LogP contribution < -0.4 is 5.73 Å². The van der Waals surface area contributed by atoms with Crippen LogP contribution in [0.15, 0.2) is 5.16 Å². The number of hydrogen-bond donors (Lipinski definition) is 2. The van der Waals surface area contributed by atoms with E-state index in [0.29, 0.717) is 12.6 Å². The summed E-state index contributed by atoms with van der Waals surface area (Å²) < 4.78 is 0. The Morgan fingerprint density at radius 2 is 2.12 bits per heavy atom. The number of oxime groups is 1. The van der Waals surface area contributed by atoms with Crippen LogP contribution in [0.1, 0.15) is 33.6 Å². The molecule has 0 aliphatic heterocycles. The quantitative estimate of drug-likeness (QED) is 0.318. The second-order valence-corrected chi connectivity index (χ2v) is 4.60. The molecule has 1 unspecified atom stereocenters. The molecule has 16 heavy (non-hydrogen) atoms. The molecule has 5 heteroatoms. The Labute approximate surface area is 96.3 Å². The second kappa shape index (κ2) is 5.18. The Morgan fingerprint density at radius 1 is 1.56 bits per heavy atom. The van der Waals surface area contributed by atoms with Gasteiger partial charge in [0.25, 0.3) is 0 Å². The van der Waals surface area contributed by atoms with Gasteiger partial charge in [-0.05, 0) is 25.7 Å². The number of nitrogens with zero attached hydrogens (tertiary/aromatic N) is 2. The third-order valence-corrected chi connectivity index (χ3v) is 2.98. The van der Waals surface area contributed by atoms with E-state index in [2.05, 4.69) is 5.16 Å². The van der Waals surface area contributed by atoms with Crippen LogP contribution in [-0.2, 0) is 4.79 Å². The van der Waals surface area contributed by atoms with Crippen LogP contribution in [-0.4, -0.2) is 34.4 Å². The van der Waals surface area contributed by atoms with Crippen molar-refractivity contribution >= 4 is 11.7 Å². The van der Waals surface area contributed by atoms with Crippen molar-refractivity contribution in [1.82, 2.24) is 4.90 Å². The molecule has 1 fully saturated rings. The van der Waals surface area contributed by atoms with Gasteiger partial charge >= 0.3 is 0 Å². The van der Waals surface area contributed by atoms with Crippen molar-refractivity contribution in [1.29, 1.82) is 0 Å². The van der Waals surface area contributed by atoms with E-state index >= 15 is 0 Å². The van der Waals surface area contributed by atoms with Gasteiger partial charge in [-0.25, -0.2) is 0 Å². The molecule has 0 aromatic carbocycles. The van der Waals surface area contributed by atoms with Crippen LogP contribution in [0.3, 0.4) is 0 Å². The summed E-state index contributed by atoms with van der Waals surface area (Å²) in [6, 6.07) is 0.366. The van der Waals surface area contributed by atoms with Crippen molar-refractivity contribution in [3.05, 3.63) is 0 Å². The van der Waals surface area contributed by atoms with E-state index in [4.69, 9.17) is 10.9 Å². The lowest BCUT2D eigenvalue weighted by Crippen LogP contribution is -2.45. The zero-order chi connectivity index (χ0) is 12.3. The molecule has 1 aliphatic rings. The Bertz CT molecular complexity index is 285. The monoisotopic (exact) mass is 227 g/mol. The summed E-state index contributed by atoms with van der Waals surface area (Å²) in [5, 5.41) is 11.7. The maximum Gasteiger partial charge on any atom is 0.233 e. The largest absolute Gasteiger partial charge is 0.409 e. The van der Waals surface area contributed by atoms with Gasteiger partial charge in [-0.2, -0.15) is 0 Å². The summed E-state index contributed by atoms with van der Waals surface area (Å²) in [6.45, 7) is 6.45. The van der Waals surface area contributed by atoms with Crippen LogP contribution >= 0.6 is 0 Å². The van der Waals surface area contributed by atoms with E-state index in [9.17, 15) is 4.79 Å². The van der Waals surface area contributed by atoms with Gasteiger partial charge in [0.05, 0.1) is 0 Å². The molecule has 0 aromatic rings. The number of nitrogens with two attached hydrogens (primary N) is 1. The average molecular weight is 227 g/mol. The summed E-state index contributed by atoms with van der Waals surface area (Å²) in [5.41, 5.74) is 5.58. The molecule has 1 saturated carbocycles. The van der Waals surface area contributed by atoms with Crippen LogP contribution in [0.4, 0.5) is 0 Å². The smallest absolute Gasteiger partial charge is 0.233 e. The lowest BCUT2D eigenvalue weighted by Gasteiger charge is -2.27. The highest BCUT2D eigenvalue weighted by molar-refractivity contribution is 6.02. The van der Waals surface area contributed by atoms with E-state index in [1.165, 1.54) is 0 Å². The van der Waals surface area contributed by atoms with E-state index in [-0.39, 0.29) is 17.7 Å². The Hall–Kier alpha value is -1.26. The molecule has 1 rings (SSSR count). The molecule has 1 amide bonds. The molecule has 0 radical (unpaired) electrons. The maximum atomic E-state index is 12.3. The first kappa shape index (κ1) is 12.8. The Morgan fingerprint density at radius 3 is 2.44 bits per heavy atom. The fourth-order valence-corrected chi connectivity index (χ4v) is 1.97. The van der Waals surface area contributed by atoms with Crippen LogP contribution in [0, 0.1) is 11.8 Å². The molecule has 1 atom stereocenters. The topological polar surface area (TPSA) is 78.9 Å². The summed E-state index contributed by atoms with van der Waals surface area (Å²) in [6.07, 6.45) is 2.14. The zero-order valence-corrected chi connectivity index (χ0v) is 10.2. The second-order valence-electron chi connectivity index (χ2n) is 4.60. The van der Waals surface area contributed by atoms with Crippen LogP contribution in [0.2, 0.25) is 0 Å². The van der Waals surface area contributed by atoms with Gasteiger partial charge < -0.3 is 15.8 Å². The average Bonchev–Trinajstić information content (AvgIpc) is 3.02. The minimum atomic E-state index is -0.509. The van der Waals surface area contributed by atoms with Crippen molar-refractivity contribution < 1.29 is 10.0 Å². The first-order chi connectivity index (χ1) is 7.52. The lowest BCUT2D eigenvalue weighted by atomic mass is 9.93. The summed E-state index contributed by atoms with van der Waals surface area (Å²) >= 11 is 0. The summed E-state index contributed by atoms with van der Waals surface area (Å²) in [4.78, 5) is 14.1. The standard InChI is InChI=1S/C11H21N3O2/c1-4-14(8-5-6-8)11(15)9(7(2)3)10(12)13-16/h7-9,16H,4-6H2,1-3H3,(H2,12,13). The van der Waals surface area contributed by atoms with Crippen molar-refractivity contribution in [2.45, 2.75) is 39.7 Å². The normalized spacial score (nSPS) is 18.6. The minimum absolute atomic E-state index is 0.0131. The number of rotatable bonds is 5. The highest BCUT2D eigenvalue weighted by atomic mass is 16.4. The molecular formula is C11H21N3O2. The predicted octanol–water partition coefficient (Wildman–Crippen LogP) is 1.02. The molecule has 0 spiro atoms. The third-order valence-electron chi connectivity index (χ3n) is 2.98. The van der Waals surface area contributed by atoms with Crippen molar-refractivity contribution in [3.63, 3.8) is 0 Å².